The van der Waals surface area contributed by atoms with Gasteiger partial charge < -0.3 is 14.8 Å². The molecule has 1 aliphatic rings. The normalized spacial score (nSPS) is 21.8. The number of carbonyl (C=O) groups excluding carboxylic acids is 1. The molecule has 2 unspecified atom stereocenters. The number of carbonyl (C=O) groups is 1. The first-order chi connectivity index (χ1) is 11.1. The first-order valence-electron chi connectivity index (χ1n) is 8.07. The lowest BCUT2D eigenvalue weighted by atomic mass is 10.1. The van der Waals surface area contributed by atoms with Crippen molar-refractivity contribution >= 4 is 28.7 Å². The Hall–Kier alpha value is -1.53. The number of hydrogen-bond donors (Lipinski definition) is 1. The number of piperazine rings is 1. The zero-order valence-electron chi connectivity index (χ0n) is 14.0. The molecule has 1 N–H and O–H groups in total. The molecule has 1 saturated heterocycles. The number of amides is 1. The molecule has 0 saturated carbocycles. The zero-order chi connectivity index (χ0) is 16.4. The molecule has 2 aromatic rings. The van der Waals surface area contributed by atoms with Crippen molar-refractivity contribution in [3.63, 3.8) is 0 Å². The Morgan fingerprint density at radius 1 is 1.39 bits per heavy atom. The summed E-state index contributed by atoms with van der Waals surface area (Å²) in [6, 6.07) is 8.60. The van der Waals surface area contributed by atoms with E-state index in [1.165, 1.54) is 0 Å². The standard InChI is InChI=1S/C17H24N4OS/c1-12-13(2)20(9-8-18-12)17(22)10-21-15-7-5-4-6-14(15)19-16(21)11-23-3/h4-7,12-13,18H,8-11H2,1-3H3. The predicted octanol–water partition coefficient (Wildman–Crippen LogP) is 2.11. The third-order valence-electron chi connectivity index (χ3n) is 4.66. The molecule has 1 fully saturated rings. The number of hydrogen-bond acceptors (Lipinski definition) is 4. The largest absolute Gasteiger partial charge is 0.336 e. The summed E-state index contributed by atoms with van der Waals surface area (Å²) in [6.45, 7) is 6.25. The quantitative estimate of drug-likeness (QED) is 0.932. The summed E-state index contributed by atoms with van der Waals surface area (Å²) in [4.78, 5) is 19.6. The molecule has 0 aliphatic carbocycles. The van der Waals surface area contributed by atoms with Crippen molar-refractivity contribution in [3.05, 3.63) is 30.1 Å². The topological polar surface area (TPSA) is 50.2 Å². The van der Waals surface area contributed by atoms with Gasteiger partial charge in [-0.05, 0) is 32.2 Å². The van der Waals surface area contributed by atoms with Gasteiger partial charge in [0.05, 0.1) is 16.8 Å². The zero-order valence-corrected chi connectivity index (χ0v) is 14.8. The third kappa shape index (κ3) is 3.23. The van der Waals surface area contributed by atoms with Gasteiger partial charge >= 0.3 is 0 Å². The number of nitrogens with one attached hydrogen (secondary N) is 1. The number of para-hydroxylation sites is 2. The Kier molecular flexibility index (Phi) is 4.92. The van der Waals surface area contributed by atoms with Crippen molar-refractivity contribution in [2.75, 3.05) is 19.3 Å². The van der Waals surface area contributed by atoms with Crippen LogP contribution in [0.4, 0.5) is 0 Å². The minimum absolute atomic E-state index is 0.177. The second-order valence-electron chi connectivity index (χ2n) is 6.11. The van der Waals surface area contributed by atoms with Gasteiger partial charge in [0, 0.05) is 25.2 Å². The predicted molar refractivity (Wildman–Crippen MR) is 95.6 cm³/mol. The Morgan fingerprint density at radius 2 is 2.17 bits per heavy atom. The first-order valence-corrected chi connectivity index (χ1v) is 9.47. The molecular weight excluding hydrogens is 308 g/mol. The van der Waals surface area contributed by atoms with E-state index >= 15 is 0 Å². The van der Waals surface area contributed by atoms with Crippen LogP contribution in [0.25, 0.3) is 11.0 Å². The van der Waals surface area contributed by atoms with Crippen LogP contribution in [-0.2, 0) is 17.1 Å². The van der Waals surface area contributed by atoms with E-state index in [1.807, 2.05) is 29.2 Å². The van der Waals surface area contributed by atoms with E-state index in [2.05, 4.69) is 30.0 Å². The van der Waals surface area contributed by atoms with Crippen LogP contribution in [-0.4, -0.2) is 51.8 Å². The second kappa shape index (κ2) is 6.93. The molecule has 0 spiro atoms. The van der Waals surface area contributed by atoms with Gasteiger partial charge in [0.15, 0.2) is 0 Å². The van der Waals surface area contributed by atoms with Gasteiger partial charge in [0.25, 0.3) is 0 Å². The fraction of sp³-hybridized carbons (Fsp3) is 0.529. The summed E-state index contributed by atoms with van der Waals surface area (Å²) >= 11 is 1.73. The molecule has 1 aromatic heterocycles. The molecule has 1 aliphatic heterocycles. The highest BCUT2D eigenvalue weighted by Gasteiger charge is 2.28. The van der Waals surface area contributed by atoms with E-state index in [0.717, 1.165) is 35.7 Å². The number of benzene rings is 1. The van der Waals surface area contributed by atoms with E-state index in [-0.39, 0.29) is 11.9 Å². The minimum atomic E-state index is 0.177. The Labute approximate surface area is 141 Å². The molecule has 1 amide bonds. The maximum Gasteiger partial charge on any atom is 0.242 e. The van der Waals surface area contributed by atoms with Gasteiger partial charge in [0.1, 0.15) is 12.4 Å². The van der Waals surface area contributed by atoms with Crippen LogP contribution in [0.2, 0.25) is 0 Å². The lowest BCUT2D eigenvalue weighted by Crippen LogP contribution is -2.57. The molecule has 3 rings (SSSR count). The Morgan fingerprint density at radius 3 is 2.96 bits per heavy atom. The van der Waals surface area contributed by atoms with Crippen LogP contribution in [0.3, 0.4) is 0 Å². The summed E-state index contributed by atoms with van der Waals surface area (Å²) in [5.41, 5.74) is 2.01. The summed E-state index contributed by atoms with van der Waals surface area (Å²) in [7, 11) is 0. The Bertz CT molecular complexity index is 699. The summed E-state index contributed by atoms with van der Waals surface area (Å²) < 4.78 is 2.08. The highest BCUT2D eigenvalue weighted by molar-refractivity contribution is 7.97. The fourth-order valence-electron chi connectivity index (χ4n) is 3.18. The molecule has 23 heavy (non-hydrogen) atoms. The smallest absolute Gasteiger partial charge is 0.242 e. The average Bonchev–Trinajstić information content (AvgIpc) is 2.88. The van der Waals surface area contributed by atoms with E-state index in [1.54, 1.807) is 11.8 Å². The van der Waals surface area contributed by atoms with Crippen molar-refractivity contribution < 1.29 is 4.79 Å². The first kappa shape index (κ1) is 16.3. The number of imidazole rings is 1. The van der Waals surface area contributed by atoms with Crippen molar-refractivity contribution in [3.8, 4) is 0 Å². The SMILES string of the molecule is CSCc1nc2ccccc2n1CC(=O)N1CCNC(C)C1C. The number of nitrogens with zero attached hydrogens (tertiary/aromatic N) is 3. The van der Waals surface area contributed by atoms with E-state index in [0.29, 0.717) is 12.6 Å². The molecule has 1 aromatic carbocycles. The van der Waals surface area contributed by atoms with Gasteiger partial charge in [-0.15, -0.1) is 0 Å². The molecule has 124 valence electrons. The van der Waals surface area contributed by atoms with Crippen LogP contribution in [0.5, 0.6) is 0 Å². The maximum atomic E-state index is 12.9. The lowest BCUT2D eigenvalue weighted by molar-refractivity contribution is -0.135. The van der Waals surface area contributed by atoms with E-state index < -0.39 is 0 Å². The highest BCUT2D eigenvalue weighted by atomic mass is 32.2. The van der Waals surface area contributed by atoms with E-state index in [9.17, 15) is 4.79 Å². The molecule has 2 heterocycles. The molecule has 6 heteroatoms. The molecule has 0 bridgehead atoms. The van der Waals surface area contributed by atoms with Crippen molar-refractivity contribution in [1.29, 1.82) is 0 Å². The number of thioether (sulfide) groups is 1. The fourth-order valence-corrected chi connectivity index (χ4v) is 3.65. The lowest BCUT2D eigenvalue weighted by Gasteiger charge is -2.38. The third-order valence-corrected chi connectivity index (χ3v) is 5.20. The van der Waals surface area contributed by atoms with Crippen molar-refractivity contribution in [1.82, 2.24) is 19.8 Å². The monoisotopic (exact) mass is 332 g/mol. The van der Waals surface area contributed by atoms with Crippen LogP contribution < -0.4 is 5.32 Å². The van der Waals surface area contributed by atoms with Crippen LogP contribution in [0.1, 0.15) is 19.7 Å². The molecule has 5 nitrogen and oxygen atoms in total. The highest BCUT2D eigenvalue weighted by Crippen LogP contribution is 2.20. The van der Waals surface area contributed by atoms with Gasteiger partial charge in [-0.3, -0.25) is 4.79 Å². The summed E-state index contributed by atoms with van der Waals surface area (Å²) in [5, 5.41) is 3.42. The number of aromatic nitrogens is 2. The summed E-state index contributed by atoms with van der Waals surface area (Å²) in [6.07, 6.45) is 2.06. The number of fused-ring (bicyclic) bond motifs is 1. The van der Waals surface area contributed by atoms with Gasteiger partial charge in [0.2, 0.25) is 5.91 Å². The maximum absolute atomic E-state index is 12.9. The van der Waals surface area contributed by atoms with Crippen LogP contribution in [0, 0.1) is 0 Å². The van der Waals surface area contributed by atoms with Gasteiger partial charge in [-0.1, -0.05) is 12.1 Å². The molecule has 0 radical (unpaired) electrons. The minimum Gasteiger partial charge on any atom is -0.336 e. The van der Waals surface area contributed by atoms with Gasteiger partial charge in [-0.2, -0.15) is 11.8 Å². The molecular formula is C17H24N4OS. The average molecular weight is 332 g/mol. The summed E-state index contributed by atoms with van der Waals surface area (Å²) in [5.74, 6) is 1.97. The van der Waals surface area contributed by atoms with Gasteiger partial charge in [-0.25, -0.2) is 4.98 Å². The molecule has 2 atom stereocenters. The van der Waals surface area contributed by atoms with Crippen LogP contribution in [0.15, 0.2) is 24.3 Å². The number of rotatable bonds is 4. The second-order valence-corrected chi connectivity index (χ2v) is 6.97. The van der Waals surface area contributed by atoms with Crippen molar-refractivity contribution in [2.24, 2.45) is 0 Å². The van der Waals surface area contributed by atoms with Crippen molar-refractivity contribution in [2.45, 2.75) is 38.2 Å². The van der Waals surface area contributed by atoms with Crippen LogP contribution >= 0.6 is 11.8 Å². The van der Waals surface area contributed by atoms with E-state index in [4.69, 9.17) is 4.98 Å². The Balaban J connectivity index is 1.88.